The lowest BCUT2D eigenvalue weighted by atomic mass is 9.89. The van der Waals surface area contributed by atoms with Crippen LogP contribution >= 0.6 is 15.9 Å². The maximum Gasteiger partial charge on any atom is 0.0814 e. The molecule has 0 N–H and O–H groups in total. The van der Waals surface area contributed by atoms with E-state index in [0.29, 0.717) is 12.5 Å². The van der Waals surface area contributed by atoms with Gasteiger partial charge in [0.2, 0.25) is 0 Å². The van der Waals surface area contributed by atoms with Crippen molar-refractivity contribution in [1.82, 2.24) is 4.90 Å². The molecule has 0 unspecified atom stereocenters. The third-order valence-corrected chi connectivity index (χ3v) is 5.38. The van der Waals surface area contributed by atoms with E-state index in [1.807, 2.05) is 0 Å². The maximum absolute atomic E-state index is 8.74. The topological polar surface area (TPSA) is 36.3 Å². The number of hydrogen-bond donors (Lipinski definition) is 0. The second kappa shape index (κ2) is 7.12. The van der Waals surface area contributed by atoms with Gasteiger partial charge in [-0.15, -0.1) is 0 Å². The number of hydrogen-bond acceptors (Lipinski definition) is 3. The molecule has 0 saturated carbocycles. The number of nitriles is 1. The molecule has 0 bridgehead atoms. The molecule has 1 aromatic rings. The molecule has 2 fully saturated rings. The van der Waals surface area contributed by atoms with E-state index in [4.69, 9.17) is 10.00 Å². The Morgan fingerprint density at radius 3 is 2.91 bits per heavy atom. The molecule has 0 aliphatic carbocycles. The predicted octanol–water partition coefficient (Wildman–Crippen LogP) is 4.27. The van der Waals surface area contributed by atoms with Gasteiger partial charge in [-0.05, 0) is 56.3 Å². The highest BCUT2D eigenvalue weighted by Crippen LogP contribution is 2.39. The number of nitrogens with zero attached hydrogens (tertiary/aromatic N) is 2. The van der Waals surface area contributed by atoms with Crippen molar-refractivity contribution in [2.24, 2.45) is 0 Å². The second-order valence-corrected chi connectivity index (χ2v) is 7.51. The Hall–Kier alpha value is -0.890. The van der Waals surface area contributed by atoms with Gasteiger partial charge in [0, 0.05) is 24.0 Å². The van der Waals surface area contributed by atoms with Gasteiger partial charge in [-0.3, -0.25) is 4.90 Å². The fourth-order valence-corrected chi connectivity index (χ4v) is 4.06. The van der Waals surface area contributed by atoms with Crippen LogP contribution in [0.15, 0.2) is 28.7 Å². The number of piperidine rings is 1. The Kier molecular flexibility index (Phi) is 5.18. The largest absolute Gasteiger partial charge is 0.370 e. The Morgan fingerprint density at radius 1 is 1.32 bits per heavy atom. The minimum atomic E-state index is 0.0493. The van der Waals surface area contributed by atoms with Gasteiger partial charge in [-0.25, -0.2) is 0 Å². The van der Waals surface area contributed by atoms with E-state index in [9.17, 15) is 0 Å². The zero-order valence-corrected chi connectivity index (χ0v) is 14.5. The van der Waals surface area contributed by atoms with Gasteiger partial charge in [-0.1, -0.05) is 28.1 Å². The molecule has 3 nitrogen and oxygen atoms in total. The van der Waals surface area contributed by atoms with Crippen LogP contribution in [0.1, 0.15) is 44.1 Å². The maximum atomic E-state index is 8.74. The van der Waals surface area contributed by atoms with E-state index in [2.05, 4.69) is 51.2 Å². The van der Waals surface area contributed by atoms with Gasteiger partial charge in [0.05, 0.1) is 17.8 Å². The van der Waals surface area contributed by atoms with Crippen LogP contribution in [-0.2, 0) is 11.3 Å². The zero-order chi connectivity index (χ0) is 15.4. The molecule has 2 heterocycles. The third kappa shape index (κ3) is 3.90. The molecular formula is C18H23BrN2O. The first-order chi connectivity index (χ1) is 10.7. The van der Waals surface area contributed by atoms with Gasteiger partial charge in [0.15, 0.2) is 0 Å². The Balaban J connectivity index is 1.57. The van der Waals surface area contributed by atoms with E-state index >= 15 is 0 Å². The second-order valence-electron chi connectivity index (χ2n) is 6.60. The summed E-state index contributed by atoms with van der Waals surface area (Å²) >= 11 is 3.49. The fourth-order valence-electron chi connectivity index (χ4n) is 3.80. The highest BCUT2D eigenvalue weighted by atomic mass is 79.9. The van der Waals surface area contributed by atoms with Crippen molar-refractivity contribution in [3.63, 3.8) is 0 Å². The van der Waals surface area contributed by atoms with Crippen LogP contribution < -0.4 is 0 Å². The van der Waals surface area contributed by atoms with Crippen LogP contribution in [0.5, 0.6) is 0 Å². The van der Waals surface area contributed by atoms with Gasteiger partial charge in [0.1, 0.15) is 0 Å². The van der Waals surface area contributed by atoms with Crippen molar-refractivity contribution < 1.29 is 4.74 Å². The van der Waals surface area contributed by atoms with E-state index in [1.54, 1.807) is 0 Å². The standard InChI is InChI=1S/C18H23BrN2O/c19-16-6-4-15(5-7-16)13-21-12-2-9-18(14-21)10-8-17(22-18)3-1-11-20/h4-7,17H,1-3,8-10,12-14H2/t17-,18-/m0/s1. The zero-order valence-electron chi connectivity index (χ0n) is 12.9. The lowest BCUT2D eigenvalue weighted by Gasteiger charge is -2.40. The Labute approximate surface area is 141 Å². The molecule has 2 aliphatic rings. The number of ether oxygens (including phenoxy) is 1. The van der Waals surface area contributed by atoms with Crippen molar-refractivity contribution in [2.75, 3.05) is 13.1 Å². The van der Waals surface area contributed by atoms with Gasteiger partial charge in [-0.2, -0.15) is 5.26 Å². The summed E-state index contributed by atoms with van der Waals surface area (Å²) in [7, 11) is 0. The summed E-state index contributed by atoms with van der Waals surface area (Å²) in [5, 5.41) is 8.74. The molecule has 1 aromatic carbocycles. The van der Waals surface area contributed by atoms with Crippen molar-refractivity contribution in [2.45, 2.75) is 56.8 Å². The predicted molar refractivity (Wildman–Crippen MR) is 90.3 cm³/mol. The Bertz CT molecular complexity index is 539. The summed E-state index contributed by atoms with van der Waals surface area (Å²) in [4.78, 5) is 2.53. The van der Waals surface area contributed by atoms with Gasteiger partial charge < -0.3 is 4.74 Å². The molecule has 0 amide bonds. The Morgan fingerprint density at radius 2 is 2.14 bits per heavy atom. The normalized spacial score (nSPS) is 28.8. The average Bonchev–Trinajstić information content (AvgIpc) is 2.90. The van der Waals surface area contributed by atoms with Crippen molar-refractivity contribution >= 4 is 15.9 Å². The molecule has 118 valence electrons. The van der Waals surface area contributed by atoms with E-state index in [1.165, 1.54) is 18.4 Å². The minimum absolute atomic E-state index is 0.0493. The quantitative estimate of drug-likeness (QED) is 0.802. The van der Waals surface area contributed by atoms with Crippen LogP contribution in [0, 0.1) is 11.3 Å². The number of benzene rings is 1. The molecule has 1 spiro atoms. The van der Waals surface area contributed by atoms with Crippen LogP contribution in [0.4, 0.5) is 0 Å². The van der Waals surface area contributed by atoms with Crippen LogP contribution in [0.25, 0.3) is 0 Å². The van der Waals surface area contributed by atoms with Gasteiger partial charge >= 0.3 is 0 Å². The summed E-state index contributed by atoms with van der Waals surface area (Å²) in [6, 6.07) is 10.8. The average molecular weight is 363 g/mol. The molecule has 4 heteroatoms. The van der Waals surface area contributed by atoms with E-state index in [0.717, 1.165) is 43.4 Å². The molecular weight excluding hydrogens is 340 g/mol. The summed E-state index contributed by atoms with van der Waals surface area (Å²) < 4.78 is 7.51. The number of likely N-dealkylation sites (tertiary alicyclic amines) is 1. The highest BCUT2D eigenvalue weighted by molar-refractivity contribution is 9.10. The molecule has 22 heavy (non-hydrogen) atoms. The molecule has 0 aromatic heterocycles. The third-order valence-electron chi connectivity index (χ3n) is 4.85. The summed E-state index contributed by atoms with van der Waals surface area (Å²) in [6.45, 7) is 3.19. The molecule has 0 radical (unpaired) electrons. The minimum Gasteiger partial charge on any atom is -0.370 e. The molecule has 3 rings (SSSR count). The monoisotopic (exact) mass is 362 g/mol. The van der Waals surface area contributed by atoms with Crippen molar-refractivity contribution in [1.29, 1.82) is 5.26 Å². The molecule has 2 atom stereocenters. The fraction of sp³-hybridized carbons (Fsp3) is 0.611. The van der Waals surface area contributed by atoms with Crippen molar-refractivity contribution in [3.05, 3.63) is 34.3 Å². The van der Waals surface area contributed by atoms with Crippen LogP contribution in [0.3, 0.4) is 0 Å². The lowest BCUT2D eigenvalue weighted by Crippen LogP contribution is -2.47. The van der Waals surface area contributed by atoms with Crippen LogP contribution in [0.2, 0.25) is 0 Å². The van der Waals surface area contributed by atoms with Crippen LogP contribution in [-0.4, -0.2) is 29.7 Å². The summed E-state index contributed by atoms with van der Waals surface area (Å²) in [5.74, 6) is 0. The molecule has 2 aliphatic heterocycles. The first-order valence-corrected chi connectivity index (χ1v) is 9.00. The first kappa shape index (κ1) is 16.0. The molecule has 2 saturated heterocycles. The number of halogens is 1. The smallest absolute Gasteiger partial charge is 0.0814 e. The summed E-state index contributed by atoms with van der Waals surface area (Å²) in [5.41, 5.74) is 1.41. The SMILES string of the molecule is N#CCC[C@H]1CC[C@]2(CCCN(Cc3ccc(Br)cc3)C2)O1. The van der Waals surface area contributed by atoms with Crippen molar-refractivity contribution in [3.8, 4) is 6.07 Å². The lowest BCUT2D eigenvalue weighted by molar-refractivity contribution is -0.0858. The van der Waals surface area contributed by atoms with E-state index < -0.39 is 0 Å². The van der Waals surface area contributed by atoms with Gasteiger partial charge in [0.25, 0.3) is 0 Å². The highest BCUT2D eigenvalue weighted by Gasteiger charge is 2.42. The van der Waals surface area contributed by atoms with E-state index in [-0.39, 0.29) is 5.60 Å². The first-order valence-electron chi connectivity index (χ1n) is 8.21. The summed E-state index contributed by atoms with van der Waals surface area (Å²) in [6.07, 6.45) is 6.46. The number of rotatable bonds is 4.